The van der Waals surface area contributed by atoms with Crippen LogP contribution in [0.15, 0.2) is 0 Å². The highest BCUT2D eigenvalue weighted by atomic mass is 32.1. The molecule has 0 aromatic rings. The second-order valence-corrected chi connectivity index (χ2v) is 8.34. The zero-order valence-electron chi connectivity index (χ0n) is 13.3. The van der Waals surface area contributed by atoms with E-state index >= 15 is 0 Å². The summed E-state index contributed by atoms with van der Waals surface area (Å²) in [6.45, 7) is 8.73. The van der Waals surface area contributed by atoms with Crippen molar-refractivity contribution in [3.8, 4) is 0 Å². The number of rotatable bonds is 3. The van der Waals surface area contributed by atoms with Gasteiger partial charge < -0.3 is 4.74 Å². The summed E-state index contributed by atoms with van der Waals surface area (Å²) < 4.78 is 5.61. The van der Waals surface area contributed by atoms with Crippen molar-refractivity contribution in [2.24, 2.45) is 16.7 Å². The summed E-state index contributed by atoms with van der Waals surface area (Å²) in [7, 11) is 0. The van der Waals surface area contributed by atoms with Gasteiger partial charge in [0.05, 0.1) is 6.04 Å². The minimum absolute atomic E-state index is 0.00348. The molecule has 2 amide bonds. The summed E-state index contributed by atoms with van der Waals surface area (Å²) in [5, 5.41) is 0.00348. The van der Waals surface area contributed by atoms with Crippen LogP contribution in [0.5, 0.6) is 0 Å². The Labute approximate surface area is 132 Å². The van der Waals surface area contributed by atoms with E-state index in [1.807, 2.05) is 6.92 Å². The number of carbonyl (C=O) groups is 2. The van der Waals surface area contributed by atoms with Crippen molar-refractivity contribution in [2.45, 2.75) is 70.8 Å². The van der Waals surface area contributed by atoms with Crippen LogP contribution in [0.2, 0.25) is 0 Å². The SMILES string of the molecule is CC[C@H](S)CC(=O)N1C(=O)O[C@@H]2[C@H]3CC[C@@](C)([C@@H]21)C3(C)C. The molecule has 0 spiro atoms. The van der Waals surface area contributed by atoms with Crippen molar-refractivity contribution in [3.05, 3.63) is 0 Å². The van der Waals surface area contributed by atoms with Crippen molar-refractivity contribution in [2.75, 3.05) is 0 Å². The lowest BCUT2D eigenvalue weighted by molar-refractivity contribution is -0.131. The standard InChI is InChI=1S/C16H25NO3S/c1-5-9(21)8-11(18)17-13-12(20-14(17)19)10-6-7-16(13,4)15(10,2)3/h9-10,12-13,21H,5-8H2,1-4H3/t9-,10+,12+,13+,16-/m0/s1. The van der Waals surface area contributed by atoms with Gasteiger partial charge >= 0.3 is 6.09 Å². The van der Waals surface area contributed by atoms with E-state index in [4.69, 9.17) is 4.74 Å². The van der Waals surface area contributed by atoms with Gasteiger partial charge in [-0.1, -0.05) is 27.7 Å². The molecule has 1 aliphatic heterocycles. The molecule has 118 valence electrons. The van der Waals surface area contributed by atoms with Crippen molar-refractivity contribution in [1.82, 2.24) is 4.90 Å². The molecule has 1 saturated heterocycles. The number of ether oxygens (including phenoxy) is 1. The number of nitrogens with zero attached hydrogens (tertiary/aromatic N) is 1. The Hall–Kier alpha value is -0.710. The van der Waals surface area contributed by atoms with Gasteiger partial charge in [0.25, 0.3) is 0 Å². The van der Waals surface area contributed by atoms with E-state index in [-0.39, 0.29) is 34.1 Å². The molecule has 3 aliphatic rings. The number of fused-ring (bicyclic) bond motifs is 5. The van der Waals surface area contributed by atoms with Gasteiger partial charge in [-0.3, -0.25) is 4.79 Å². The second-order valence-electron chi connectivity index (χ2n) is 7.61. The van der Waals surface area contributed by atoms with Crippen LogP contribution in [0.1, 0.15) is 53.4 Å². The molecule has 5 atom stereocenters. The smallest absolute Gasteiger partial charge is 0.417 e. The molecule has 0 aromatic carbocycles. The Kier molecular flexibility index (Phi) is 3.36. The molecule has 1 heterocycles. The lowest BCUT2D eigenvalue weighted by Gasteiger charge is -2.40. The fourth-order valence-electron chi connectivity index (χ4n) is 4.81. The average Bonchev–Trinajstić information content (AvgIpc) is 2.91. The highest BCUT2D eigenvalue weighted by Crippen LogP contribution is 2.68. The molecule has 0 N–H and O–H groups in total. The third-order valence-electron chi connectivity index (χ3n) is 6.60. The molecule has 5 heteroatoms. The van der Waals surface area contributed by atoms with Crippen molar-refractivity contribution in [1.29, 1.82) is 0 Å². The monoisotopic (exact) mass is 311 g/mol. The number of imide groups is 1. The van der Waals surface area contributed by atoms with E-state index < -0.39 is 6.09 Å². The van der Waals surface area contributed by atoms with Crippen molar-refractivity contribution >= 4 is 24.6 Å². The van der Waals surface area contributed by atoms with Crippen molar-refractivity contribution in [3.63, 3.8) is 0 Å². The van der Waals surface area contributed by atoms with Gasteiger partial charge in [0.2, 0.25) is 5.91 Å². The Bertz CT molecular complexity index is 492. The summed E-state index contributed by atoms with van der Waals surface area (Å²) in [4.78, 5) is 26.2. The van der Waals surface area contributed by atoms with E-state index in [1.165, 1.54) is 4.90 Å². The summed E-state index contributed by atoms with van der Waals surface area (Å²) in [5.41, 5.74) is 0.0646. The predicted octanol–water partition coefficient (Wildman–Crippen LogP) is 3.26. The van der Waals surface area contributed by atoms with Crippen LogP contribution in [0.3, 0.4) is 0 Å². The van der Waals surface area contributed by atoms with Crippen LogP contribution in [0, 0.1) is 16.7 Å². The molecule has 0 aromatic heterocycles. The molecule has 3 fully saturated rings. The highest BCUT2D eigenvalue weighted by Gasteiger charge is 2.72. The third kappa shape index (κ3) is 1.82. The van der Waals surface area contributed by atoms with Crippen LogP contribution in [0.25, 0.3) is 0 Å². The normalized spacial score (nSPS) is 41.1. The molecular weight excluding hydrogens is 286 g/mol. The first-order valence-electron chi connectivity index (χ1n) is 7.94. The van der Waals surface area contributed by atoms with Crippen molar-refractivity contribution < 1.29 is 14.3 Å². The molecule has 2 aliphatic carbocycles. The van der Waals surface area contributed by atoms with Gasteiger partial charge in [0, 0.05) is 17.6 Å². The summed E-state index contributed by atoms with van der Waals surface area (Å²) in [6.07, 6.45) is 2.71. The maximum atomic E-state index is 12.6. The Morgan fingerprint density at radius 2 is 2.14 bits per heavy atom. The summed E-state index contributed by atoms with van der Waals surface area (Å²) in [6, 6.07) is -0.0939. The molecule has 2 bridgehead atoms. The number of carbonyl (C=O) groups excluding carboxylic acids is 2. The zero-order chi connectivity index (χ0) is 15.6. The Morgan fingerprint density at radius 1 is 1.48 bits per heavy atom. The first-order valence-corrected chi connectivity index (χ1v) is 8.46. The second kappa shape index (κ2) is 4.64. The van der Waals surface area contributed by atoms with Gasteiger partial charge in [-0.15, -0.1) is 0 Å². The van der Waals surface area contributed by atoms with Gasteiger partial charge in [0.1, 0.15) is 6.10 Å². The van der Waals surface area contributed by atoms with Crippen LogP contribution >= 0.6 is 12.6 Å². The first-order chi connectivity index (χ1) is 9.74. The maximum Gasteiger partial charge on any atom is 0.417 e. The van der Waals surface area contributed by atoms with E-state index in [9.17, 15) is 9.59 Å². The van der Waals surface area contributed by atoms with Crippen LogP contribution in [-0.2, 0) is 9.53 Å². The average molecular weight is 311 g/mol. The first kappa shape index (κ1) is 15.2. The molecular formula is C16H25NO3S. The van der Waals surface area contributed by atoms with Gasteiger partial charge in [0.15, 0.2) is 0 Å². The minimum Gasteiger partial charge on any atom is -0.443 e. The third-order valence-corrected chi connectivity index (χ3v) is 7.14. The van der Waals surface area contributed by atoms with Gasteiger partial charge in [-0.25, -0.2) is 9.69 Å². The Morgan fingerprint density at radius 3 is 2.76 bits per heavy atom. The Balaban J connectivity index is 1.90. The molecule has 0 unspecified atom stereocenters. The topological polar surface area (TPSA) is 46.6 Å². The quantitative estimate of drug-likeness (QED) is 0.814. The lowest BCUT2D eigenvalue weighted by Crippen LogP contribution is -2.50. The number of hydrogen-bond donors (Lipinski definition) is 1. The van der Waals surface area contributed by atoms with E-state index in [1.54, 1.807) is 0 Å². The fraction of sp³-hybridized carbons (Fsp3) is 0.875. The fourth-order valence-corrected chi connectivity index (χ4v) is 4.97. The highest BCUT2D eigenvalue weighted by molar-refractivity contribution is 7.81. The van der Waals surface area contributed by atoms with Crippen LogP contribution < -0.4 is 0 Å². The predicted molar refractivity (Wildman–Crippen MR) is 83.2 cm³/mol. The molecule has 4 nitrogen and oxygen atoms in total. The molecule has 0 radical (unpaired) electrons. The van der Waals surface area contributed by atoms with Gasteiger partial charge in [-0.2, -0.15) is 12.6 Å². The summed E-state index contributed by atoms with van der Waals surface area (Å²) >= 11 is 4.40. The molecule has 21 heavy (non-hydrogen) atoms. The summed E-state index contributed by atoms with van der Waals surface area (Å²) in [5.74, 6) is 0.242. The number of thiol groups is 1. The van der Waals surface area contributed by atoms with Crippen LogP contribution in [0.4, 0.5) is 4.79 Å². The number of hydrogen-bond acceptors (Lipinski definition) is 4. The largest absolute Gasteiger partial charge is 0.443 e. The molecule has 2 saturated carbocycles. The molecule has 3 rings (SSSR count). The lowest BCUT2D eigenvalue weighted by atomic mass is 9.69. The van der Waals surface area contributed by atoms with E-state index in [0.29, 0.717) is 12.3 Å². The minimum atomic E-state index is -0.444. The van der Waals surface area contributed by atoms with Crippen LogP contribution in [-0.4, -0.2) is 34.3 Å². The van der Waals surface area contributed by atoms with E-state index in [2.05, 4.69) is 33.4 Å². The van der Waals surface area contributed by atoms with Gasteiger partial charge in [-0.05, 0) is 30.1 Å². The maximum absolute atomic E-state index is 12.6. The number of amides is 2. The zero-order valence-corrected chi connectivity index (χ0v) is 14.2. The van der Waals surface area contributed by atoms with E-state index in [0.717, 1.165) is 19.3 Å².